The zero-order chi connectivity index (χ0) is 12.3. The third kappa shape index (κ3) is 2.74. The van der Waals surface area contributed by atoms with Crippen molar-refractivity contribution in [3.05, 3.63) is 23.8 Å². The minimum atomic E-state index is -0.946. The maximum atomic E-state index is 12.1. The summed E-state index contributed by atoms with van der Waals surface area (Å²) in [5.41, 5.74) is 0.260. The molecule has 5 nitrogen and oxygen atoms in total. The van der Waals surface area contributed by atoms with Crippen molar-refractivity contribution in [2.45, 2.75) is 6.42 Å². The van der Waals surface area contributed by atoms with Crippen LogP contribution in [-0.2, 0) is 14.3 Å². The molecule has 1 N–H and O–H groups in total. The molecule has 0 aromatic carbocycles. The van der Waals surface area contributed by atoms with Gasteiger partial charge in [0.2, 0.25) is 5.91 Å². The third-order valence-electron chi connectivity index (χ3n) is 2.99. The van der Waals surface area contributed by atoms with Crippen LogP contribution in [0, 0.1) is 5.92 Å². The van der Waals surface area contributed by atoms with E-state index in [9.17, 15) is 9.59 Å². The van der Waals surface area contributed by atoms with Crippen LogP contribution < -0.4 is 0 Å². The van der Waals surface area contributed by atoms with Crippen LogP contribution in [0.4, 0.5) is 0 Å². The Hall–Kier alpha value is -1.62. The van der Waals surface area contributed by atoms with Gasteiger partial charge in [-0.3, -0.25) is 4.79 Å². The highest BCUT2D eigenvalue weighted by atomic mass is 16.5. The lowest BCUT2D eigenvalue weighted by atomic mass is 9.95. The molecule has 0 aromatic rings. The topological polar surface area (TPSA) is 66.8 Å². The number of carboxylic acid groups (broad SMARTS) is 1. The van der Waals surface area contributed by atoms with Crippen molar-refractivity contribution in [2.24, 2.45) is 5.92 Å². The Balaban J connectivity index is 1.95. The second-order valence-corrected chi connectivity index (χ2v) is 4.10. The maximum Gasteiger partial charge on any atom is 0.335 e. The van der Waals surface area contributed by atoms with E-state index >= 15 is 0 Å². The fourth-order valence-corrected chi connectivity index (χ4v) is 1.98. The van der Waals surface area contributed by atoms with Crippen LogP contribution >= 0.6 is 0 Å². The quantitative estimate of drug-likeness (QED) is 0.756. The summed E-state index contributed by atoms with van der Waals surface area (Å²) in [6, 6.07) is 0. The Labute approximate surface area is 99.4 Å². The van der Waals surface area contributed by atoms with Crippen LogP contribution in [-0.4, -0.2) is 48.2 Å². The number of carbonyl (C=O) groups is 2. The molecule has 1 atom stereocenters. The SMILES string of the molecule is O=C(O)C1=CCC(C(=O)N2CCOCC2)C=C1. The van der Waals surface area contributed by atoms with Crippen LogP contribution in [0.5, 0.6) is 0 Å². The number of aliphatic carboxylic acids is 1. The molecule has 0 bridgehead atoms. The molecule has 0 spiro atoms. The van der Waals surface area contributed by atoms with E-state index in [1.165, 1.54) is 6.08 Å². The zero-order valence-electron chi connectivity index (χ0n) is 9.46. The Kier molecular flexibility index (Phi) is 3.58. The summed E-state index contributed by atoms with van der Waals surface area (Å²) < 4.78 is 5.18. The third-order valence-corrected chi connectivity index (χ3v) is 2.99. The largest absolute Gasteiger partial charge is 0.478 e. The number of rotatable bonds is 2. The van der Waals surface area contributed by atoms with Gasteiger partial charge in [-0.05, 0) is 6.42 Å². The Bertz CT molecular complexity index is 380. The normalized spacial score (nSPS) is 24.4. The first-order chi connectivity index (χ1) is 8.18. The van der Waals surface area contributed by atoms with Gasteiger partial charge < -0.3 is 14.7 Å². The van der Waals surface area contributed by atoms with E-state index in [1.54, 1.807) is 17.1 Å². The Morgan fingerprint density at radius 3 is 2.59 bits per heavy atom. The van der Waals surface area contributed by atoms with Crippen LogP contribution in [0.15, 0.2) is 23.8 Å². The van der Waals surface area contributed by atoms with E-state index in [-0.39, 0.29) is 17.4 Å². The number of carbonyl (C=O) groups excluding carboxylic acids is 1. The number of nitrogens with zero attached hydrogens (tertiary/aromatic N) is 1. The molecular weight excluding hydrogens is 222 g/mol. The molecule has 17 heavy (non-hydrogen) atoms. The second-order valence-electron chi connectivity index (χ2n) is 4.10. The first-order valence-corrected chi connectivity index (χ1v) is 5.66. The molecule has 1 aliphatic carbocycles. The van der Waals surface area contributed by atoms with Crippen molar-refractivity contribution in [1.29, 1.82) is 0 Å². The predicted molar refractivity (Wildman–Crippen MR) is 60.4 cm³/mol. The fraction of sp³-hybridized carbons (Fsp3) is 0.500. The molecule has 0 saturated carbocycles. The number of amides is 1. The van der Waals surface area contributed by atoms with E-state index < -0.39 is 5.97 Å². The van der Waals surface area contributed by atoms with Gasteiger partial charge in [-0.25, -0.2) is 4.79 Å². The van der Waals surface area contributed by atoms with Gasteiger partial charge in [-0.1, -0.05) is 18.2 Å². The summed E-state index contributed by atoms with van der Waals surface area (Å²) in [6.45, 7) is 2.41. The fourth-order valence-electron chi connectivity index (χ4n) is 1.98. The van der Waals surface area contributed by atoms with Gasteiger partial charge in [0, 0.05) is 13.1 Å². The van der Waals surface area contributed by atoms with Crippen molar-refractivity contribution in [3.8, 4) is 0 Å². The van der Waals surface area contributed by atoms with Crippen molar-refractivity contribution in [2.75, 3.05) is 26.3 Å². The van der Waals surface area contributed by atoms with Gasteiger partial charge in [0.1, 0.15) is 0 Å². The van der Waals surface area contributed by atoms with Gasteiger partial charge in [0.15, 0.2) is 0 Å². The number of carboxylic acids is 1. The lowest BCUT2D eigenvalue weighted by Gasteiger charge is -2.29. The maximum absolute atomic E-state index is 12.1. The molecule has 1 aliphatic heterocycles. The molecule has 1 heterocycles. The number of hydrogen-bond acceptors (Lipinski definition) is 3. The van der Waals surface area contributed by atoms with Crippen molar-refractivity contribution < 1.29 is 19.4 Å². The molecular formula is C12H15NO4. The summed E-state index contributed by atoms with van der Waals surface area (Å²) in [4.78, 5) is 24.5. The summed E-state index contributed by atoms with van der Waals surface area (Å²) >= 11 is 0. The number of morpholine rings is 1. The molecule has 1 unspecified atom stereocenters. The van der Waals surface area contributed by atoms with E-state index in [4.69, 9.17) is 9.84 Å². The number of allylic oxidation sites excluding steroid dienone is 1. The van der Waals surface area contributed by atoms with Crippen LogP contribution in [0.3, 0.4) is 0 Å². The first kappa shape index (κ1) is 11.9. The molecule has 2 rings (SSSR count). The molecule has 1 amide bonds. The van der Waals surface area contributed by atoms with Crippen molar-refractivity contribution >= 4 is 11.9 Å². The lowest BCUT2D eigenvalue weighted by Crippen LogP contribution is -2.43. The standard InChI is InChI=1S/C12H15NO4/c14-11(13-5-7-17-8-6-13)9-1-3-10(4-2-9)12(15)16/h1,3-4,9H,2,5-8H2,(H,15,16). The number of ether oxygens (including phenoxy) is 1. The molecule has 1 fully saturated rings. The summed E-state index contributed by atoms with van der Waals surface area (Å²) in [5.74, 6) is -1.11. The minimum absolute atomic E-state index is 0.0604. The predicted octanol–water partition coefficient (Wildman–Crippen LogP) is 0.432. The van der Waals surface area contributed by atoms with Crippen molar-refractivity contribution in [3.63, 3.8) is 0 Å². The van der Waals surface area contributed by atoms with Crippen LogP contribution in [0.25, 0.3) is 0 Å². The monoisotopic (exact) mass is 237 g/mol. The van der Waals surface area contributed by atoms with Gasteiger partial charge >= 0.3 is 5.97 Å². The van der Waals surface area contributed by atoms with Gasteiger partial charge in [-0.15, -0.1) is 0 Å². The van der Waals surface area contributed by atoms with E-state index in [2.05, 4.69) is 0 Å². The van der Waals surface area contributed by atoms with Gasteiger partial charge in [0.05, 0.1) is 24.7 Å². The molecule has 0 radical (unpaired) electrons. The average Bonchev–Trinajstić information content (AvgIpc) is 2.39. The highest BCUT2D eigenvalue weighted by Gasteiger charge is 2.25. The van der Waals surface area contributed by atoms with Gasteiger partial charge in [0.25, 0.3) is 0 Å². The summed E-state index contributed by atoms with van der Waals surface area (Å²) in [7, 11) is 0. The Morgan fingerprint density at radius 2 is 2.06 bits per heavy atom. The molecule has 0 aromatic heterocycles. The summed E-state index contributed by atoms with van der Waals surface area (Å²) in [5, 5.41) is 8.78. The van der Waals surface area contributed by atoms with Crippen LogP contribution in [0.1, 0.15) is 6.42 Å². The summed E-state index contributed by atoms with van der Waals surface area (Å²) in [6.07, 6.45) is 5.26. The minimum Gasteiger partial charge on any atom is -0.478 e. The first-order valence-electron chi connectivity index (χ1n) is 5.66. The highest BCUT2D eigenvalue weighted by molar-refractivity contribution is 5.91. The molecule has 92 valence electrons. The highest BCUT2D eigenvalue weighted by Crippen LogP contribution is 2.19. The smallest absolute Gasteiger partial charge is 0.335 e. The van der Waals surface area contributed by atoms with E-state index in [0.29, 0.717) is 32.7 Å². The lowest BCUT2D eigenvalue weighted by molar-refractivity contribution is -0.138. The molecule has 2 aliphatic rings. The number of hydrogen-bond donors (Lipinski definition) is 1. The molecule has 1 saturated heterocycles. The molecule has 5 heteroatoms. The second kappa shape index (κ2) is 5.14. The van der Waals surface area contributed by atoms with Gasteiger partial charge in [-0.2, -0.15) is 0 Å². The van der Waals surface area contributed by atoms with E-state index in [1.807, 2.05) is 0 Å². The Morgan fingerprint density at radius 1 is 1.35 bits per heavy atom. The zero-order valence-corrected chi connectivity index (χ0v) is 9.46. The average molecular weight is 237 g/mol. The van der Waals surface area contributed by atoms with Crippen molar-refractivity contribution in [1.82, 2.24) is 4.90 Å². The van der Waals surface area contributed by atoms with E-state index in [0.717, 1.165) is 0 Å². The van der Waals surface area contributed by atoms with Crippen LogP contribution in [0.2, 0.25) is 0 Å².